The van der Waals surface area contributed by atoms with Gasteiger partial charge in [-0.3, -0.25) is 4.90 Å². The van der Waals surface area contributed by atoms with E-state index in [1.54, 1.807) is 11.3 Å². The van der Waals surface area contributed by atoms with Crippen LogP contribution in [0.25, 0.3) is 10.1 Å². The van der Waals surface area contributed by atoms with Gasteiger partial charge in [0.1, 0.15) is 0 Å². The van der Waals surface area contributed by atoms with E-state index in [4.69, 9.17) is 0 Å². The summed E-state index contributed by atoms with van der Waals surface area (Å²) in [5.41, 5.74) is 1.36. The summed E-state index contributed by atoms with van der Waals surface area (Å²) < 4.78 is 1.34. The van der Waals surface area contributed by atoms with Gasteiger partial charge in [0.25, 0.3) is 0 Å². The molecule has 92 valence electrons. The molecular formula is C14H19NOS. The van der Waals surface area contributed by atoms with Crippen molar-refractivity contribution in [3.63, 3.8) is 0 Å². The number of benzene rings is 1. The maximum atomic E-state index is 9.63. The van der Waals surface area contributed by atoms with Crippen molar-refractivity contribution in [3.05, 3.63) is 35.2 Å². The van der Waals surface area contributed by atoms with Gasteiger partial charge in [-0.15, -0.1) is 11.3 Å². The van der Waals surface area contributed by atoms with E-state index in [-0.39, 0.29) is 6.10 Å². The number of fused-ring (bicyclic) bond motifs is 1. The predicted octanol–water partition coefficient (Wildman–Crippen LogP) is 3.10. The van der Waals surface area contributed by atoms with Crippen molar-refractivity contribution in [2.45, 2.75) is 26.0 Å². The molecule has 0 fully saturated rings. The highest BCUT2D eigenvalue weighted by Gasteiger charge is 2.09. The maximum absolute atomic E-state index is 9.63. The Labute approximate surface area is 106 Å². The van der Waals surface area contributed by atoms with E-state index < -0.39 is 0 Å². The molecule has 1 N–H and O–H groups in total. The van der Waals surface area contributed by atoms with E-state index in [2.05, 4.69) is 41.6 Å². The molecule has 0 spiro atoms. The van der Waals surface area contributed by atoms with Gasteiger partial charge in [-0.05, 0) is 35.9 Å². The second kappa shape index (κ2) is 5.63. The predicted molar refractivity (Wildman–Crippen MR) is 74.5 cm³/mol. The second-order valence-electron chi connectivity index (χ2n) is 4.52. The first-order valence-corrected chi connectivity index (χ1v) is 6.90. The lowest BCUT2D eigenvalue weighted by atomic mass is 10.1. The smallest absolute Gasteiger partial charge is 0.0664 e. The van der Waals surface area contributed by atoms with E-state index in [0.717, 1.165) is 19.5 Å². The number of thiophene rings is 1. The van der Waals surface area contributed by atoms with Crippen LogP contribution < -0.4 is 0 Å². The minimum absolute atomic E-state index is 0.218. The Balaban J connectivity index is 2.08. The standard InChI is InChI=1S/C14H19NOS/c1-3-12(16)9-15(2)8-11-10-17-14-7-5-4-6-13(11)14/h4-7,10,12,16H,3,8-9H2,1-2H3. The first kappa shape index (κ1) is 12.6. The second-order valence-corrected chi connectivity index (χ2v) is 5.43. The van der Waals surface area contributed by atoms with Crippen LogP contribution in [0.4, 0.5) is 0 Å². The van der Waals surface area contributed by atoms with Crippen molar-refractivity contribution >= 4 is 21.4 Å². The summed E-state index contributed by atoms with van der Waals surface area (Å²) in [5.74, 6) is 0. The third-order valence-electron chi connectivity index (χ3n) is 3.00. The molecule has 0 aliphatic heterocycles. The molecule has 0 aliphatic rings. The third-order valence-corrected chi connectivity index (χ3v) is 4.01. The highest BCUT2D eigenvalue weighted by molar-refractivity contribution is 7.17. The van der Waals surface area contributed by atoms with Crippen molar-refractivity contribution < 1.29 is 5.11 Å². The van der Waals surface area contributed by atoms with Crippen LogP contribution in [0, 0.1) is 0 Å². The van der Waals surface area contributed by atoms with Gasteiger partial charge >= 0.3 is 0 Å². The van der Waals surface area contributed by atoms with Gasteiger partial charge in [0.15, 0.2) is 0 Å². The van der Waals surface area contributed by atoms with Crippen molar-refractivity contribution in [2.75, 3.05) is 13.6 Å². The van der Waals surface area contributed by atoms with E-state index >= 15 is 0 Å². The average molecular weight is 249 g/mol. The van der Waals surface area contributed by atoms with E-state index in [9.17, 15) is 5.11 Å². The molecule has 2 rings (SSSR count). The molecule has 0 saturated carbocycles. The molecule has 0 amide bonds. The molecule has 3 heteroatoms. The maximum Gasteiger partial charge on any atom is 0.0664 e. The highest BCUT2D eigenvalue weighted by Crippen LogP contribution is 2.26. The van der Waals surface area contributed by atoms with E-state index in [0.29, 0.717) is 0 Å². The summed E-state index contributed by atoms with van der Waals surface area (Å²) in [5, 5.41) is 13.2. The average Bonchev–Trinajstić information content (AvgIpc) is 2.72. The van der Waals surface area contributed by atoms with Gasteiger partial charge in [0.2, 0.25) is 0 Å². The molecule has 0 aliphatic carbocycles. The molecule has 0 bridgehead atoms. The molecule has 0 radical (unpaired) electrons. The van der Waals surface area contributed by atoms with Crippen molar-refractivity contribution in [1.82, 2.24) is 4.90 Å². The van der Waals surface area contributed by atoms with Crippen LogP contribution >= 0.6 is 11.3 Å². The Morgan fingerprint density at radius 3 is 2.88 bits per heavy atom. The topological polar surface area (TPSA) is 23.5 Å². The Hall–Kier alpha value is -0.900. The Morgan fingerprint density at radius 2 is 2.12 bits per heavy atom. The lowest BCUT2D eigenvalue weighted by molar-refractivity contribution is 0.119. The zero-order chi connectivity index (χ0) is 12.3. The molecule has 1 aromatic carbocycles. The van der Waals surface area contributed by atoms with Gasteiger partial charge in [-0.1, -0.05) is 25.1 Å². The Morgan fingerprint density at radius 1 is 1.35 bits per heavy atom. The zero-order valence-electron chi connectivity index (χ0n) is 10.4. The van der Waals surface area contributed by atoms with Crippen LogP contribution in [0.2, 0.25) is 0 Å². The van der Waals surface area contributed by atoms with Gasteiger partial charge in [-0.2, -0.15) is 0 Å². The van der Waals surface area contributed by atoms with Gasteiger partial charge < -0.3 is 5.11 Å². The zero-order valence-corrected chi connectivity index (χ0v) is 11.2. The quantitative estimate of drug-likeness (QED) is 0.880. The summed E-state index contributed by atoms with van der Waals surface area (Å²) in [7, 11) is 2.06. The molecule has 17 heavy (non-hydrogen) atoms. The fourth-order valence-corrected chi connectivity index (χ4v) is 2.95. The fraction of sp³-hybridized carbons (Fsp3) is 0.429. The van der Waals surface area contributed by atoms with Crippen LogP contribution in [0.5, 0.6) is 0 Å². The minimum Gasteiger partial charge on any atom is -0.392 e. The molecule has 1 aromatic heterocycles. The van der Waals surface area contributed by atoms with E-state index in [1.807, 2.05) is 6.92 Å². The number of aliphatic hydroxyl groups is 1. The molecular weight excluding hydrogens is 230 g/mol. The molecule has 2 nitrogen and oxygen atoms in total. The summed E-state index contributed by atoms with van der Waals surface area (Å²) in [6.07, 6.45) is 0.597. The summed E-state index contributed by atoms with van der Waals surface area (Å²) >= 11 is 1.79. The van der Waals surface area contributed by atoms with Gasteiger partial charge in [-0.25, -0.2) is 0 Å². The van der Waals surface area contributed by atoms with Gasteiger partial charge in [0.05, 0.1) is 6.10 Å². The van der Waals surface area contributed by atoms with E-state index in [1.165, 1.54) is 15.6 Å². The fourth-order valence-electron chi connectivity index (χ4n) is 2.00. The van der Waals surface area contributed by atoms with Gasteiger partial charge in [0, 0.05) is 17.8 Å². The Bertz CT molecular complexity index is 480. The largest absolute Gasteiger partial charge is 0.392 e. The first-order valence-electron chi connectivity index (χ1n) is 6.02. The lowest BCUT2D eigenvalue weighted by Gasteiger charge is -2.19. The summed E-state index contributed by atoms with van der Waals surface area (Å²) in [6.45, 7) is 3.65. The normalized spacial score (nSPS) is 13.4. The molecule has 1 unspecified atom stereocenters. The minimum atomic E-state index is -0.218. The first-order chi connectivity index (χ1) is 8.20. The highest BCUT2D eigenvalue weighted by atomic mass is 32.1. The number of aliphatic hydroxyl groups excluding tert-OH is 1. The van der Waals surface area contributed by atoms with Crippen LogP contribution in [-0.4, -0.2) is 29.7 Å². The molecule has 1 heterocycles. The van der Waals surface area contributed by atoms with Crippen molar-refractivity contribution in [1.29, 1.82) is 0 Å². The van der Waals surface area contributed by atoms with Crippen LogP contribution in [0.3, 0.4) is 0 Å². The lowest BCUT2D eigenvalue weighted by Crippen LogP contribution is -2.28. The molecule has 1 atom stereocenters. The van der Waals surface area contributed by atoms with Crippen LogP contribution in [0.15, 0.2) is 29.6 Å². The number of likely N-dealkylation sites (N-methyl/N-ethyl adjacent to an activating group) is 1. The summed E-state index contributed by atoms with van der Waals surface area (Å²) in [6, 6.07) is 8.49. The SMILES string of the molecule is CCC(O)CN(C)Cc1csc2ccccc12. The third kappa shape index (κ3) is 3.06. The Kier molecular flexibility index (Phi) is 4.15. The summed E-state index contributed by atoms with van der Waals surface area (Å²) in [4.78, 5) is 2.18. The monoisotopic (exact) mass is 249 g/mol. The number of hydrogen-bond acceptors (Lipinski definition) is 3. The van der Waals surface area contributed by atoms with Crippen molar-refractivity contribution in [3.8, 4) is 0 Å². The van der Waals surface area contributed by atoms with Crippen LogP contribution in [-0.2, 0) is 6.54 Å². The van der Waals surface area contributed by atoms with Crippen LogP contribution in [0.1, 0.15) is 18.9 Å². The number of hydrogen-bond donors (Lipinski definition) is 1. The number of rotatable bonds is 5. The number of nitrogens with zero attached hydrogens (tertiary/aromatic N) is 1. The van der Waals surface area contributed by atoms with Crippen molar-refractivity contribution in [2.24, 2.45) is 0 Å². The molecule has 2 aromatic rings. The molecule has 0 saturated heterocycles.